The number of furan rings is 1. The Morgan fingerprint density at radius 3 is 2.59 bits per heavy atom. The number of rotatable bonds is 9. The van der Waals surface area contributed by atoms with Crippen LogP contribution in [0.5, 0.6) is 0 Å². The van der Waals surface area contributed by atoms with Gasteiger partial charge in [-0.1, -0.05) is 0 Å². The summed E-state index contributed by atoms with van der Waals surface area (Å²) in [5.41, 5.74) is 1.39. The Morgan fingerprint density at radius 2 is 1.92 bits per heavy atom. The molecule has 1 aromatic heterocycles. The van der Waals surface area contributed by atoms with Gasteiger partial charge < -0.3 is 24.1 Å². The van der Waals surface area contributed by atoms with Crippen LogP contribution >= 0.6 is 0 Å². The van der Waals surface area contributed by atoms with Gasteiger partial charge in [0.1, 0.15) is 18.2 Å². The number of carbonyl (C=O) groups is 4. The van der Waals surface area contributed by atoms with Gasteiger partial charge in [0.15, 0.2) is 0 Å². The number of nitrogens with zero attached hydrogens (tertiary/aromatic N) is 3. The van der Waals surface area contributed by atoms with Gasteiger partial charge >= 0.3 is 12.1 Å². The number of hydrogen-bond donors (Lipinski definition) is 2. The summed E-state index contributed by atoms with van der Waals surface area (Å²) in [6, 6.07) is 8.15. The van der Waals surface area contributed by atoms with E-state index < -0.39 is 18.1 Å². The highest BCUT2D eigenvalue weighted by Gasteiger charge is 2.35. The zero-order valence-electron chi connectivity index (χ0n) is 20.5. The van der Waals surface area contributed by atoms with E-state index in [-0.39, 0.29) is 30.7 Å². The number of piperazine rings is 1. The molecule has 2 aromatic rings. The van der Waals surface area contributed by atoms with Crippen molar-refractivity contribution in [3.05, 3.63) is 54.0 Å². The smallest absolute Gasteiger partial charge is 0.414 e. The topological polar surface area (TPSA) is 145 Å². The zero-order valence-corrected chi connectivity index (χ0v) is 20.5. The molecular weight excluding hydrogens is 482 g/mol. The van der Waals surface area contributed by atoms with Gasteiger partial charge in [0.2, 0.25) is 5.91 Å². The van der Waals surface area contributed by atoms with E-state index >= 15 is 0 Å². The van der Waals surface area contributed by atoms with E-state index in [0.717, 1.165) is 0 Å². The minimum Gasteiger partial charge on any atom is -0.472 e. The predicted octanol–water partition coefficient (Wildman–Crippen LogP) is 1.46. The Bertz CT molecular complexity index is 1150. The molecule has 2 fully saturated rings. The lowest BCUT2D eigenvalue weighted by atomic mass is 10.1. The fourth-order valence-electron chi connectivity index (χ4n) is 4.18. The second-order valence-electron chi connectivity index (χ2n) is 8.68. The van der Waals surface area contributed by atoms with Crippen molar-refractivity contribution < 1.29 is 33.1 Å². The molecular formula is C25H29N5O7. The molecule has 12 heteroatoms. The summed E-state index contributed by atoms with van der Waals surface area (Å²) in [6.07, 6.45) is 1.95. The van der Waals surface area contributed by atoms with Crippen LogP contribution in [0.3, 0.4) is 0 Å². The van der Waals surface area contributed by atoms with Crippen LogP contribution < -0.4 is 10.2 Å². The second kappa shape index (κ2) is 11.7. The lowest BCUT2D eigenvalue weighted by molar-refractivity contribution is -0.144. The first-order valence-electron chi connectivity index (χ1n) is 12.0. The molecule has 0 spiro atoms. The molecule has 37 heavy (non-hydrogen) atoms. The third-order valence-corrected chi connectivity index (χ3v) is 6.11. The Labute approximate surface area is 213 Å². The molecule has 0 aliphatic carbocycles. The summed E-state index contributed by atoms with van der Waals surface area (Å²) in [5, 5.41) is 10.6. The first-order valence-corrected chi connectivity index (χ1v) is 12.0. The van der Waals surface area contributed by atoms with Crippen LogP contribution in [-0.4, -0.2) is 91.5 Å². The molecule has 3 amide bonds. The maximum Gasteiger partial charge on any atom is 0.414 e. The van der Waals surface area contributed by atoms with E-state index in [2.05, 4.69) is 5.32 Å². The van der Waals surface area contributed by atoms with Crippen molar-refractivity contribution in [1.82, 2.24) is 15.1 Å². The minimum absolute atomic E-state index is 0.0744. The average molecular weight is 512 g/mol. The highest BCUT2D eigenvalue weighted by atomic mass is 16.6. The number of cyclic esters (lactones) is 1. The summed E-state index contributed by atoms with van der Waals surface area (Å²) in [5.74, 6) is -0.924. The van der Waals surface area contributed by atoms with Gasteiger partial charge in [0, 0.05) is 37.4 Å². The second-order valence-corrected chi connectivity index (χ2v) is 8.68. The zero-order chi connectivity index (χ0) is 26.4. The molecule has 2 saturated heterocycles. The molecule has 2 N–H and O–H groups in total. The van der Waals surface area contributed by atoms with Gasteiger partial charge in [-0.2, -0.15) is 0 Å². The number of ether oxygens (including phenoxy) is 2. The molecule has 3 heterocycles. The SMILES string of the molecule is CCOC(=O)CCN1CCN(CC2CN(c3ccc(C(=N)NC(=O)c4ccoc4)cc3)C(=O)O2)CC1=O. The van der Waals surface area contributed by atoms with Crippen LogP contribution in [0.25, 0.3) is 0 Å². The van der Waals surface area contributed by atoms with Crippen molar-refractivity contribution >= 4 is 35.4 Å². The van der Waals surface area contributed by atoms with E-state index in [0.29, 0.717) is 56.1 Å². The van der Waals surface area contributed by atoms with Crippen molar-refractivity contribution in [1.29, 1.82) is 5.41 Å². The van der Waals surface area contributed by atoms with Crippen molar-refractivity contribution in [3.63, 3.8) is 0 Å². The Hall–Kier alpha value is -4.19. The number of amides is 3. The number of hydrogen-bond acceptors (Lipinski definition) is 9. The Morgan fingerprint density at radius 1 is 1.14 bits per heavy atom. The third kappa shape index (κ3) is 6.53. The number of nitrogens with one attached hydrogen (secondary N) is 2. The first-order chi connectivity index (χ1) is 17.8. The van der Waals surface area contributed by atoms with E-state index in [9.17, 15) is 19.2 Å². The van der Waals surface area contributed by atoms with Crippen LogP contribution in [0.1, 0.15) is 29.3 Å². The molecule has 0 bridgehead atoms. The fourth-order valence-corrected chi connectivity index (χ4v) is 4.18. The highest BCUT2D eigenvalue weighted by Crippen LogP contribution is 2.23. The van der Waals surface area contributed by atoms with Crippen LogP contribution in [0, 0.1) is 5.41 Å². The minimum atomic E-state index is -0.486. The highest BCUT2D eigenvalue weighted by molar-refractivity contribution is 6.11. The van der Waals surface area contributed by atoms with Gasteiger partial charge in [0.25, 0.3) is 5.91 Å². The van der Waals surface area contributed by atoms with Crippen LogP contribution in [-0.2, 0) is 19.1 Å². The van der Waals surface area contributed by atoms with E-state index in [1.807, 2.05) is 4.90 Å². The van der Waals surface area contributed by atoms with E-state index in [4.69, 9.17) is 19.3 Å². The molecule has 1 atom stereocenters. The largest absolute Gasteiger partial charge is 0.472 e. The van der Waals surface area contributed by atoms with Crippen LogP contribution in [0.4, 0.5) is 10.5 Å². The predicted molar refractivity (Wildman–Crippen MR) is 131 cm³/mol. The van der Waals surface area contributed by atoms with Crippen molar-refractivity contribution in [3.8, 4) is 0 Å². The van der Waals surface area contributed by atoms with E-state index in [1.54, 1.807) is 36.1 Å². The monoisotopic (exact) mass is 511 g/mol. The van der Waals surface area contributed by atoms with Gasteiger partial charge in [-0.05, 0) is 37.3 Å². The summed E-state index contributed by atoms with van der Waals surface area (Å²) < 4.78 is 15.3. The lowest BCUT2D eigenvalue weighted by Crippen LogP contribution is -2.52. The van der Waals surface area contributed by atoms with Gasteiger partial charge in [-0.3, -0.25) is 29.6 Å². The van der Waals surface area contributed by atoms with Crippen LogP contribution in [0.2, 0.25) is 0 Å². The number of carbonyl (C=O) groups excluding carboxylic acids is 4. The summed E-state index contributed by atoms with van der Waals surface area (Å²) in [4.78, 5) is 53.7. The van der Waals surface area contributed by atoms with Crippen molar-refractivity contribution in [2.75, 3.05) is 50.8 Å². The fraction of sp³-hybridized carbons (Fsp3) is 0.400. The number of amidine groups is 1. The summed E-state index contributed by atoms with van der Waals surface area (Å²) in [7, 11) is 0. The van der Waals surface area contributed by atoms with Crippen LogP contribution in [0.15, 0.2) is 47.3 Å². The first kappa shape index (κ1) is 25.9. The molecule has 2 aliphatic rings. The molecule has 0 radical (unpaired) electrons. The maximum atomic E-state index is 12.5. The molecule has 196 valence electrons. The number of anilines is 1. The molecule has 1 aromatic carbocycles. The number of benzene rings is 1. The van der Waals surface area contributed by atoms with Crippen molar-refractivity contribution in [2.45, 2.75) is 19.4 Å². The van der Waals surface area contributed by atoms with Gasteiger partial charge in [-0.25, -0.2) is 4.79 Å². The maximum absolute atomic E-state index is 12.5. The molecule has 1 unspecified atom stereocenters. The summed E-state index contributed by atoms with van der Waals surface area (Å²) in [6.45, 7) is 4.43. The summed E-state index contributed by atoms with van der Waals surface area (Å²) >= 11 is 0. The molecule has 0 saturated carbocycles. The van der Waals surface area contributed by atoms with Gasteiger partial charge in [-0.15, -0.1) is 0 Å². The van der Waals surface area contributed by atoms with Gasteiger partial charge in [0.05, 0.1) is 37.9 Å². The molecule has 4 rings (SSSR count). The molecule has 12 nitrogen and oxygen atoms in total. The van der Waals surface area contributed by atoms with Crippen molar-refractivity contribution in [2.24, 2.45) is 0 Å². The van der Waals surface area contributed by atoms with E-state index in [1.165, 1.54) is 23.5 Å². The Kier molecular flexibility index (Phi) is 8.18. The normalized spacial score (nSPS) is 18.0. The standard InChI is InChI=1S/C25H29N5O7/c1-2-36-22(32)7-9-29-11-10-28(15-21(29)31)13-20-14-30(25(34)37-20)19-5-3-17(4-6-19)23(26)27-24(33)18-8-12-35-16-18/h3-6,8,12,16,20H,2,7,9-11,13-15H2,1H3,(H2,26,27,33). The lowest BCUT2D eigenvalue weighted by Gasteiger charge is -2.34. The number of esters is 1. The Balaban J connectivity index is 1.26. The molecule has 2 aliphatic heterocycles. The average Bonchev–Trinajstić information content (AvgIpc) is 3.54. The quantitative estimate of drug-likeness (QED) is 0.292. The third-order valence-electron chi connectivity index (χ3n) is 6.11.